The summed E-state index contributed by atoms with van der Waals surface area (Å²) in [7, 11) is 0. The van der Waals surface area contributed by atoms with Gasteiger partial charge in [-0.2, -0.15) is 0 Å². The minimum Gasteiger partial charge on any atom is -0.398 e. The molecule has 82 valence electrons. The van der Waals surface area contributed by atoms with Crippen molar-refractivity contribution in [3.05, 3.63) is 50.5 Å². The summed E-state index contributed by atoms with van der Waals surface area (Å²) < 4.78 is 2.20. The third-order valence-electron chi connectivity index (χ3n) is 2.02. The van der Waals surface area contributed by atoms with Gasteiger partial charge in [-0.3, -0.25) is 0 Å². The normalized spacial score (nSPS) is 10.4. The summed E-state index contributed by atoms with van der Waals surface area (Å²) in [6.45, 7) is 0. The van der Waals surface area contributed by atoms with Gasteiger partial charge in [-0.25, -0.2) is 0 Å². The Morgan fingerprint density at radius 2 is 1.62 bits per heavy atom. The summed E-state index contributed by atoms with van der Waals surface area (Å²) in [6, 6.07) is 14.4. The van der Waals surface area contributed by atoms with Crippen LogP contribution in [0.2, 0.25) is 0 Å². The molecule has 0 aliphatic heterocycles. The van der Waals surface area contributed by atoms with Gasteiger partial charge >= 0.3 is 0 Å². The Bertz CT molecular complexity index is 499. The van der Waals surface area contributed by atoms with E-state index in [1.165, 1.54) is 9.79 Å². The lowest BCUT2D eigenvalue weighted by Crippen LogP contribution is -1.88. The molecule has 0 aliphatic rings. The molecule has 0 saturated carbocycles. The quantitative estimate of drug-likeness (QED) is 0.574. The number of hydrogen-bond donors (Lipinski definition) is 1. The SMILES string of the molecule is Nc1ccc(Sc2ccc(Br)cc2)cc1I. The molecular weight excluding hydrogens is 397 g/mol. The number of halogens is 2. The van der Waals surface area contributed by atoms with Crippen LogP contribution < -0.4 is 5.73 Å². The van der Waals surface area contributed by atoms with E-state index in [-0.39, 0.29) is 0 Å². The maximum absolute atomic E-state index is 5.78. The average molecular weight is 406 g/mol. The van der Waals surface area contributed by atoms with Gasteiger partial charge in [0.2, 0.25) is 0 Å². The number of nitrogens with two attached hydrogens (primary N) is 1. The third-order valence-corrected chi connectivity index (χ3v) is 4.48. The molecular formula is C12H9BrINS. The van der Waals surface area contributed by atoms with Gasteiger partial charge in [0.15, 0.2) is 0 Å². The molecule has 0 fully saturated rings. The van der Waals surface area contributed by atoms with Crippen molar-refractivity contribution in [3.8, 4) is 0 Å². The van der Waals surface area contributed by atoms with Crippen LogP contribution in [0.5, 0.6) is 0 Å². The van der Waals surface area contributed by atoms with Gasteiger partial charge in [0.05, 0.1) is 0 Å². The Morgan fingerprint density at radius 1 is 1.00 bits per heavy atom. The van der Waals surface area contributed by atoms with E-state index in [0.29, 0.717) is 0 Å². The van der Waals surface area contributed by atoms with Gasteiger partial charge in [-0.05, 0) is 65.1 Å². The predicted octanol–water partition coefficient (Wildman–Crippen LogP) is 4.79. The maximum Gasteiger partial charge on any atom is 0.0450 e. The molecule has 2 rings (SSSR count). The molecule has 2 aromatic rings. The molecule has 0 bridgehead atoms. The molecule has 0 aliphatic carbocycles. The van der Waals surface area contributed by atoms with Crippen LogP contribution in [-0.2, 0) is 0 Å². The first-order valence-corrected chi connectivity index (χ1v) is 7.32. The van der Waals surface area contributed by atoms with Crippen molar-refractivity contribution < 1.29 is 0 Å². The standard InChI is InChI=1S/C12H9BrINS/c13-8-1-3-9(4-2-8)16-10-5-6-12(15)11(14)7-10/h1-7H,15H2. The lowest BCUT2D eigenvalue weighted by Gasteiger charge is -2.04. The van der Waals surface area contributed by atoms with E-state index < -0.39 is 0 Å². The van der Waals surface area contributed by atoms with Crippen LogP contribution in [0.15, 0.2) is 56.7 Å². The third kappa shape index (κ3) is 3.15. The van der Waals surface area contributed by atoms with E-state index in [1.54, 1.807) is 11.8 Å². The van der Waals surface area contributed by atoms with Crippen LogP contribution in [0.25, 0.3) is 0 Å². The molecule has 0 atom stereocenters. The molecule has 0 unspecified atom stereocenters. The highest BCUT2D eigenvalue weighted by Gasteiger charge is 2.00. The fourth-order valence-corrected chi connectivity index (χ4v) is 3.06. The second-order valence-electron chi connectivity index (χ2n) is 3.24. The maximum atomic E-state index is 5.78. The zero-order valence-electron chi connectivity index (χ0n) is 8.28. The number of hydrogen-bond acceptors (Lipinski definition) is 2. The zero-order valence-corrected chi connectivity index (χ0v) is 12.8. The molecule has 1 nitrogen and oxygen atoms in total. The van der Waals surface area contributed by atoms with Crippen LogP contribution in [0.3, 0.4) is 0 Å². The summed E-state index contributed by atoms with van der Waals surface area (Å²) in [4.78, 5) is 2.43. The largest absolute Gasteiger partial charge is 0.398 e. The number of nitrogen functional groups attached to an aromatic ring is 1. The first kappa shape index (κ1) is 12.3. The molecule has 0 spiro atoms. The van der Waals surface area contributed by atoms with Crippen LogP contribution >= 0.6 is 50.3 Å². The van der Waals surface area contributed by atoms with Gasteiger partial charge in [0.1, 0.15) is 0 Å². The monoisotopic (exact) mass is 405 g/mol. The summed E-state index contributed by atoms with van der Waals surface area (Å²) in [6.07, 6.45) is 0. The summed E-state index contributed by atoms with van der Waals surface area (Å²) in [5.41, 5.74) is 6.61. The molecule has 0 saturated heterocycles. The second-order valence-corrected chi connectivity index (χ2v) is 6.46. The van der Waals surface area contributed by atoms with Crippen molar-refractivity contribution in [2.45, 2.75) is 9.79 Å². The van der Waals surface area contributed by atoms with Gasteiger partial charge < -0.3 is 5.73 Å². The minimum absolute atomic E-state index is 0.834. The Kier molecular flexibility index (Phi) is 4.16. The summed E-state index contributed by atoms with van der Waals surface area (Å²) in [5, 5.41) is 0. The first-order chi connectivity index (χ1) is 7.65. The summed E-state index contributed by atoms with van der Waals surface area (Å²) >= 11 is 7.42. The van der Waals surface area contributed by atoms with Gasteiger partial charge in [-0.15, -0.1) is 0 Å². The zero-order chi connectivity index (χ0) is 11.5. The van der Waals surface area contributed by atoms with Crippen molar-refractivity contribution in [1.29, 1.82) is 0 Å². The van der Waals surface area contributed by atoms with Crippen LogP contribution in [0.1, 0.15) is 0 Å². The molecule has 0 amide bonds. The van der Waals surface area contributed by atoms with Crippen molar-refractivity contribution in [2.75, 3.05) is 5.73 Å². The Hall–Kier alpha value is -0.200. The van der Waals surface area contributed by atoms with Crippen molar-refractivity contribution in [3.63, 3.8) is 0 Å². The first-order valence-electron chi connectivity index (χ1n) is 4.63. The Labute approximate surface area is 121 Å². The molecule has 0 heterocycles. The average Bonchev–Trinajstić information content (AvgIpc) is 2.27. The van der Waals surface area contributed by atoms with Gasteiger partial charge in [0, 0.05) is 23.5 Å². The number of anilines is 1. The molecule has 16 heavy (non-hydrogen) atoms. The lowest BCUT2D eigenvalue weighted by atomic mass is 10.3. The smallest absolute Gasteiger partial charge is 0.0450 e. The van der Waals surface area contributed by atoms with Crippen molar-refractivity contribution in [2.24, 2.45) is 0 Å². The molecule has 4 heteroatoms. The minimum atomic E-state index is 0.834. The molecule has 2 N–H and O–H groups in total. The lowest BCUT2D eigenvalue weighted by molar-refractivity contribution is 1.39. The molecule has 2 aromatic carbocycles. The van der Waals surface area contributed by atoms with E-state index >= 15 is 0 Å². The fourth-order valence-electron chi connectivity index (χ4n) is 1.21. The Morgan fingerprint density at radius 3 is 2.25 bits per heavy atom. The number of benzene rings is 2. The van der Waals surface area contributed by atoms with Crippen LogP contribution in [0, 0.1) is 3.57 Å². The van der Waals surface area contributed by atoms with Crippen molar-refractivity contribution >= 4 is 56.0 Å². The van der Waals surface area contributed by atoms with E-state index in [1.807, 2.05) is 24.3 Å². The van der Waals surface area contributed by atoms with E-state index in [4.69, 9.17) is 5.73 Å². The van der Waals surface area contributed by atoms with E-state index in [9.17, 15) is 0 Å². The van der Waals surface area contributed by atoms with E-state index in [2.05, 4.69) is 56.7 Å². The predicted molar refractivity (Wildman–Crippen MR) is 81.8 cm³/mol. The highest BCUT2D eigenvalue weighted by atomic mass is 127. The molecule has 0 radical (unpaired) electrons. The number of rotatable bonds is 2. The molecule has 0 aromatic heterocycles. The topological polar surface area (TPSA) is 26.0 Å². The van der Waals surface area contributed by atoms with Crippen LogP contribution in [-0.4, -0.2) is 0 Å². The van der Waals surface area contributed by atoms with Crippen LogP contribution in [0.4, 0.5) is 5.69 Å². The summed E-state index contributed by atoms with van der Waals surface area (Å²) in [5.74, 6) is 0. The second kappa shape index (κ2) is 5.42. The highest BCUT2D eigenvalue weighted by Crippen LogP contribution is 2.30. The highest BCUT2D eigenvalue weighted by molar-refractivity contribution is 14.1. The van der Waals surface area contributed by atoms with Crippen molar-refractivity contribution in [1.82, 2.24) is 0 Å². The van der Waals surface area contributed by atoms with Gasteiger partial charge in [0.25, 0.3) is 0 Å². The van der Waals surface area contributed by atoms with E-state index in [0.717, 1.165) is 13.7 Å². The fraction of sp³-hybridized carbons (Fsp3) is 0. The Balaban J connectivity index is 2.20. The van der Waals surface area contributed by atoms with Gasteiger partial charge in [-0.1, -0.05) is 27.7 Å².